The summed E-state index contributed by atoms with van der Waals surface area (Å²) in [6.45, 7) is 4.71. The van der Waals surface area contributed by atoms with Crippen LogP contribution in [-0.2, 0) is 33.3 Å². The first-order valence-corrected chi connectivity index (χ1v) is 33.1. The van der Waals surface area contributed by atoms with Crippen molar-refractivity contribution in [1.29, 1.82) is 0 Å². The second-order valence-electron chi connectivity index (χ2n) is 22.7. The topological polar surface area (TPSA) is 108 Å². The van der Waals surface area contributed by atoms with E-state index < -0.39 is 24.3 Å². The molecule has 0 rings (SSSR count). The Labute approximate surface area is 514 Å². The molecule has 0 aromatic carbocycles. The number of aliphatic carboxylic acids is 1. The molecule has 0 amide bonds. The van der Waals surface area contributed by atoms with Gasteiger partial charge in [0.15, 0.2) is 6.10 Å². The Morgan fingerprint density at radius 1 is 0.369 bits per heavy atom. The first-order valence-electron chi connectivity index (χ1n) is 33.1. The molecule has 9 nitrogen and oxygen atoms in total. The third kappa shape index (κ3) is 64.5. The predicted octanol–water partition coefficient (Wildman–Crippen LogP) is 20.5. The third-order valence-corrected chi connectivity index (χ3v) is 13.5. The van der Waals surface area contributed by atoms with E-state index in [0.717, 1.165) is 135 Å². The highest BCUT2D eigenvalue weighted by molar-refractivity contribution is 5.71. The number of esters is 2. The molecule has 0 aliphatic rings. The number of rotatable bonds is 59. The lowest BCUT2D eigenvalue weighted by molar-refractivity contribution is -0.870. The molecule has 0 radical (unpaired) electrons. The van der Waals surface area contributed by atoms with E-state index in [-0.39, 0.29) is 38.6 Å². The summed E-state index contributed by atoms with van der Waals surface area (Å²) < 4.78 is 22.9. The molecule has 0 aromatic heterocycles. The molecule has 1 N–H and O–H groups in total. The highest BCUT2D eigenvalue weighted by atomic mass is 16.7. The van der Waals surface area contributed by atoms with Gasteiger partial charge in [-0.15, -0.1) is 0 Å². The number of hydrogen-bond donors (Lipinski definition) is 1. The smallest absolute Gasteiger partial charge is 0.361 e. The molecule has 0 saturated carbocycles. The normalized spacial score (nSPS) is 13.8. The number of carbonyl (C=O) groups is 3. The Morgan fingerprint density at radius 2 is 0.679 bits per heavy atom. The summed E-state index contributed by atoms with van der Waals surface area (Å²) in [5.41, 5.74) is 0. The van der Waals surface area contributed by atoms with E-state index in [0.29, 0.717) is 17.4 Å². The molecule has 0 aliphatic heterocycles. The van der Waals surface area contributed by atoms with E-state index in [1.807, 2.05) is 21.1 Å². The number of unbranched alkanes of at least 4 members (excludes halogenated alkanes) is 18. The summed E-state index contributed by atoms with van der Waals surface area (Å²) >= 11 is 0. The van der Waals surface area contributed by atoms with Gasteiger partial charge >= 0.3 is 17.9 Å². The highest BCUT2D eigenvalue weighted by Crippen LogP contribution is 2.14. The van der Waals surface area contributed by atoms with E-state index in [2.05, 4.69) is 172 Å². The number of allylic oxidation sites excluding steroid dienone is 26. The monoisotopic (exact) mass is 1160 g/mol. The quantitative estimate of drug-likeness (QED) is 0.0211. The fraction of sp³-hybridized carbons (Fsp3) is 0.613. The Bertz CT molecular complexity index is 1930. The lowest BCUT2D eigenvalue weighted by Crippen LogP contribution is -2.40. The molecule has 0 saturated heterocycles. The van der Waals surface area contributed by atoms with Crippen molar-refractivity contribution in [2.24, 2.45) is 0 Å². The van der Waals surface area contributed by atoms with Gasteiger partial charge in [0.05, 0.1) is 34.4 Å². The molecule has 474 valence electrons. The first-order chi connectivity index (χ1) is 41.1. The zero-order chi connectivity index (χ0) is 61.2. The Hall–Kier alpha value is -5.09. The van der Waals surface area contributed by atoms with Crippen molar-refractivity contribution in [3.05, 3.63) is 158 Å². The van der Waals surface area contributed by atoms with Crippen LogP contribution in [0.15, 0.2) is 158 Å². The molecule has 2 atom stereocenters. The Kier molecular flexibility index (Phi) is 60.0. The second-order valence-corrected chi connectivity index (χ2v) is 22.7. The summed E-state index contributed by atoms with van der Waals surface area (Å²) in [6.07, 6.45) is 92.0. The van der Waals surface area contributed by atoms with Gasteiger partial charge in [0.25, 0.3) is 6.29 Å². The molecular formula is C75H122NO8+. The van der Waals surface area contributed by atoms with Crippen LogP contribution in [-0.4, -0.2) is 87.4 Å². The van der Waals surface area contributed by atoms with Gasteiger partial charge in [0, 0.05) is 12.8 Å². The van der Waals surface area contributed by atoms with Gasteiger partial charge in [0.2, 0.25) is 0 Å². The molecule has 0 aliphatic carbocycles. The Morgan fingerprint density at radius 3 is 1.02 bits per heavy atom. The van der Waals surface area contributed by atoms with Gasteiger partial charge in [-0.2, -0.15) is 0 Å². The molecule has 0 aromatic rings. The standard InChI is InChI=1S/C75H121NO8/c1-6-8-10-12-14-16-18-20-22-24-26-27-28-29-30-31-32-33-34-35-36-37-38-39-40-41-42-43-44-45-46-47-48-50-52-54-56-58-60-62-64-66-73(78)84-71(70-83-75(74(79)80)81-68-67-76(3,4)5)69-82-72(77)65-63-61-59-57-55-53-51-49-25-23-21-19-17-15-13-11-9-7-2/h8,10,14,16,20,22-23,25-27,29-30,32-33,35-36,38-39,41-42,44-45,47-48,52,54,71,75H,6-7,9,11-13,15,17-19,21,24,28,31,34,37,40,43,46,49-51,53,55-70H2,1-5H3/p+1/b10-8-,16-14-,22-20-,25-23-,27-26-,30-29-,33-32-,36-35-,39-38-,42-41-,45-44-,48-47-,54-52-. The van der Waals surface area contributed by atoms with E-state index in [9.17, 15) is 19.5 Å². The van der Waals surface area contributed by atoms with Crippen molar-refractivity contribution < 1.29 is 42.9 Å². The molecule has 2 unspecified atom stereocenters. The lowest BCUT2D eigenvalue weighted by Gasteiger charge is -2.25. The highest BCUT2D eigenvalue weighted by Gasteiger charge is 2.25. The van der Waals surface area contributed by atoms with Crippen LogP contribution < -0.4 is 0 Å². The van der Waals surface area contributed by atoms with Crippen molar-refractivity contribution in [2.75, 3.05) is 47.5 Å². The maximum Gasteiger partial charge on any atom is 0.361 e. The minimum Gasteiger partial charge on any atom is -0.477 e. The maximum absolute atomic E-state index is 12.9. The van der Waals surface area contributed by atoms with Crippen LogP contribution in [0.3, 0.4) is 0 Å². The van der Waals surface area contributed by atoms with Crippen molar-refractivity contribution in [1.82, 2.24) is 0 Å². The number of nitrogens with zero attached hydrogens (tertiary/aromatic N) is 1. The zero-order valence-electron chi connectivity index (χ0n) is 54.0. The zero-order valence-corrected chi connectivity index (χ0v) is 54.0. The van der Waals surface area contributed by atoms with Crippen molar-refractivity contribution in [3.63, 3.8) is 0 Å². The van der Waals surface area contributed by atoms with Gasteiger partial charge in [-0.3, -0.25) is 9.59 Å². The van der Waals surface area contributed by atoms with E-state index >= 15 is 0 Å². The van der Waals surface area contributed by atoms with Gasteiger partial charge in [0.1, 0.15) is 13.2 Å². The van der Waals surface area contributed by atoms with Crippen LogP contribution in [0.1, 0.15) is 239 Å². The number of hydrogen-bond acceptors (Lipinski definition) is 7. The minimum atomic E-state index is -1.53. The molecule has 84 heavy (non-hydrogen) atoms. The lowest BCUT2D eigenvalue weighted by atomic mass is 10.1. The SMILES string of the molecule is CC/C=C\C/C=C\C/C=C\C/C=C\C/C=C\C/C=C\C/C=C\C/C=C\C/C=C\C/C=C\C/C=C\C/C=C\CCCCCCC(=O)OC(COC(=O)CCCCCCCCC/C=C\CCCCCCCCC)COC(OCC[N+](C)(C)C)C(=O)O. The maximum atomic E-state index is 12.9. The summed E-state index contributed by atoms with van der Waals surface area (Å²) in [7, 11) is 5.95. The summed E-state index contributed by atoms with van der Waals surface area (Å²) in [5, 5.41) is 9.72. The molecule has 9 heteroatoms. The number of ether oxygens (including phenoxy) is 4. The van der Waals surface area contributed by atoms with Crippen LogP contribution in [0.5, 0.6) is 0 Å². The van der Waals surface area contributed by atoms with Crippen LogP contribution in [0.4, 0.5) is 0 Å². The first kappa shape index (κ1) is 78.9. The number of carbonyl (C=O) groups excluding carboxylic acids is 2. The predicted molar refractivity (Wildman–Crippen MR) is 359 cm³/mol. The van der Waals surface area contributed by atoms with Gasteiger partial charge in [-0.05, 0) is 128 Å². The van der Waals surface area contributed by atoms with E-state index in [1.165, 1.54) is 70.6 Å². The minimum absolute atomic E-state index is 0.174. The van der Waals surface area contributed by atoms with Crippen LogP contribution in [0.25, 0.3) is 0 Å². The molecule has 0 heterocycles. The van der Waals surface area contributed by atoms with Gasteiger partial charge < -0.3 is 28.5 Å². The van der Waals surface area contributed by atoms with Crippen molar-refractivity contribution >= 4 is 17.9 Å². The average Bonchev–Trinajstić information content (AvgIpc) is 3.52. The number of carboxylic acid groups (broad SMARTS) is 1. The molecule has 0 spiro atoms. The van der Waals surface area contributed by atoms with E-state index in [4.69, 9.17) is 18.9 Å². The average molecular weight is 1170 g/mol. The van der Waals surface area contributed by atoms with Crippen LogP contribution in [0.2, 0.25) is 0 Å². The second kappa shape index (κ2) is 63.9. The van der Waals surface area contributed by atoms with Gasteiger partial charge in [-0.1, -0.05) is 255 Å². The van der Waals surface area contributed by atoms with Crippen molar-refractivity contribution in [2.45, 2.75) is 251 Å². The number of quaternary nitrogens is 1. The number of carboxylic acids is 1. The summed E-state index contributed by atoms with van der Waals surface area (Å²) in [6, 6.07) is 0. The molecular weight excluding hydrogens is 1040 g/mol. The van der Waals surface area contributed by atoms with E-state index in [1.54, 1.807) is 0 Å². The fourth-order valence-corrected chi connectivity index (χ4v) is 8.46. The van der Waals surface area contributed by atoms with Crippen LogP contribution in [0, 0.1) is 0 Å². The molecule has 0 fully saturated rings. The molecule has 0 bridgehead atoms. The fourth-order valence-electron chi connectivity index (χ4n) is 8.46. The van der Waals surface area contributed by atoms with Crippen molar-refractivity contribution in [3.8, 4) is 0 Å². The summed E-state index contributed by atoms with van der Waals surface area (Å²) in [5.74, 6) is -2.06. The summed E-state index contributed by atoms with van der Waals surface area (Å²) in [4.78, 5) is 37.5. The van der Waals surface area contributed by atoms with Gasteiger partial charge in [-0.25, -0.2) is 4.79 Å². The largest absolute Gasteiger partial charge is 0.477 e. The number of likely N-dealkylation sites (N-methyl/N-ethyl adjacent to an activating group) is 1. The van der Waals surface area contributed by atoms with Crippen LogP contribution >= 0.6 is 0 Å². The third-order valence-electron chi connectivity index (χ3n) is 13.5. The Balaban J connectivity index is 4.25.